The highest BCUT2D eigenvalue weighted by molar-refractivity contribution is 5.59. The highest BCUT2D eigenvalue weighted by atomic mass is 16.8. The summed E-state index contributed by atoms with van der Waals surface area (Å²) in [5, 5.41) is 0. The van der Waals surface area contributed by atoms with E-state index in [1.165, 1.54) is 36.8 Å². The van der Waals surface area contributed by atoms with Crippen LogP contribution in [0.15, 0.2) is 18.2 Å². The third kappa shape index (κ3) is 3.98. The maximum atomic E-state index is 11.4. The SMILES string of the molecule is CC(C)OC(=O)OCOc1ccc2c(c1)[C@@]1(C)CCCCC[C@@H](C2)[C@@H]1N. The molecule has 1 aromatic rings. The van der Waals surface area contributed by atoms with E-state index in [4.69, 9.17) is 19.9 Å². The number of hydrogen-bond donors (Lipinski definition) is 1. The first-order valence-corrected chi connectivity index (χ1v) is 9.75. The lowest BCUT2D eigenvalue weighted by Crippen LogP contribution is -2.52. The van der Waals surface area contributed by atoms with Gasteiger partial charge in [0.1, 0.15) is 5.75 Å². The Balaban J connectivity index is 1.73. The fourth-order valence-electron chi connectivity index (χ4n) is 4.49. The average molecular weight is 361 g/mol. The molecule has 0 spiro atoms. The second-order valence-electron chi connectivity index (χ2n) is 8.15. The van der Waals surface area contributed by atoms with E-state index in [0.717, 1.165) is 12.8 Å². The van der Waals surface area contributed by atoms with Crippen LogP contribution in [0.25, 0.3) is 0 Å². The van der Waals surface area contributed by atoms with Crippen LogP contribution in [0.5, 0.6) is 5.75 Å². The van der Waals surface area contributed by atoms with Crippen LogP contribution in [0.1, 0.15) is 64.0 Å². The zero-order chi connectivity index (χ0) is 18.7. The lowest BCUT2D eigenvalue weighted by molar-refractivity contribution is -0.00824. The number of ether oxygens (including phenoxy) is 3. The van der Waals surface area contributed by atoms with Crippen LogP contribution in [0, 0.1) is 5.92 Å². The van der Waals surface area contributed by atoms with Crippen molar-refractivity contribution in [3.63, 3.8) is 0 Å². The molecule has 1 fully saturated rings. The molecule has 2 aliphatic rings. The predicted octanol–water partition coefficient (Wildman–Crippen LogP) is 4.31. The number of nitrogens with two attached hydrogens (primary N) is 1. The van der Waals surface area contributed by atoms with Crippen LogP contribution in [-0.4, -0.2) is 25.1 Å². The van der Waals surface area contributed by atoms with Crippen molar-refractivity contribution >= 4 is 6.16 Å². The highest BCUT2D eigenvalue weighted by Crippen LogP contribution is 2.46. The van der Waals surface area contributed by atoms with Crippen LogP contribution in [0.3, 0.4) is 0 Å². The van der Waals surface area contributed by atoms with Crippen molar-refractivity contribution in [1.29, 1.82) is 0 Å². The second-order valence-corrected chi connectivity index (χ2v) is 8.15. The Kier molecular flexibility index (Phi) is 5.76. The molecule has 0 amide bonds. The van der Waals surface area contributed by atoms with Crippen molar-refractivity contribution in [2.24, 2.45) is 11.7 Å². The van der Waals surface area contributed by atoms with Gasteiger partial charge in [0.2, 0.25) is 6.79 Å². The van der Waals surface area contributed by atoms with E-state index in [0.29, 0.717) is 11.7 Å². The molecule has 5 heteroatoms. The van der Waals surface area contributed by atoms with E-state index < -0.39 is 6.16 Å². The lowest BCUT2D eigenvalue weighted by atomic mass is 9.60. The minimum Gasteiger partial charge on any atom is -0.457 e. The molecule has 144 valence electrons. The third-order valence-corrected chi connectivity index (χ3v) is 5.93. The van der Waals surface area contributed by atoms with E-state index in [2.05, 4.69) is 19.1 Å². The number of hydrogen-bond acceptors (Lipinski definition) is 5. The summed E-state index contributed by atoms with van der Waals surface area (Å²) in [4.78, 5) is 11.4. The Bertz CT molecular complexity index is 645. The van der Waals surface area contributed by atoms with Gasteiger partial charge < -0.3 is 19.9 Å². The molecule has 0 aromatic heterocycles. The zero-order valence-electron chi connectivity index (χ0n) is 16.1. The van der Waals surface area contributed by atoms with Crippen molar-refractivity contribution in [3.8, 4) is 5.75 Å². The van der Waals surface area contributed by atoms with E-state index in [1.54, 1.807) is 13.8 Å². The van der Waals surface area contributed by atoms with Crippen LogP contribution in [-0.2, 0) is 21.3 Å². The van der Waals surface area contributed by atoms with Gasteiger partial charge in [-0.05, 0) is 62.3 Å². The van der Waals surface area contributed by atoms with E-state index >= 15 is 0 Å². The van der Waals surface area contributed by atoms with Gasteiger partial charge in [0.15, 0.2) is 0 Å². The summed E-state index contributed by atoms with van der Waals surface area (Å²) in [5.41, 5.74) is 9.37. The molecule has 0 aliphatic heterocycles. The molecule has 0 heterocycles. The van der Waals surface area contributed by atoms with Gasteiger partial charge in [-0.2, -0.15) is 0 Å². The molecule has 2 bridgehead atoms. The summed E-state index contributed by atoms with van der Waals surface area (Å²) >= 11 is 0. The highest BCUT2D eigenvalue weighted by Gasteiger charge is 2.43. The smallest absolute Gasteiger partial charge is 0.457 e. The maximum absolute atomic E-state index is 11.4. The van der Waals surface area contributed by atoms with Crippen LogP contribution in [0.4, 0.5) is 4.79 Å². The zero-order valence-corrected chi connectivity index (χ0v) is 16.1. The maximum Gasteiger partial charge on any atom is 0.511 e. The van der Waals surface area contributed by atoms with Gasteiger partial charge >= 0.3 is 6.16 Å². The van der Waals surface area contributed by atoms with E-state index in [9.17, 15) is 4.79 Å². The fraction of sp³-hybridized carbons (Fsp3) is 0.667. The average Bonchev–Trinajstić information content (AvgIpc) is 2.58. The van der Waals surface area contributed by atoms with Crippen molar-refractivity contribution in [2.75, 3.05) is 6.79 Å². The number of carbonyl (C=O) groups is 1. The van der Waals surface area contributed by atoms with Gasteiger partial charge in [0.05, 0.1) is 6.10 Å². The first-order valence-electron chi connectivity index (χ1n) is 9.75. The van der Waals surface area contributed by atoms with Gasteiger partial charge in [0.25, 0.3) is 0 Å². The van der Waals surface area contributed by atoms with Crippen molar-refractivity contribution in [2.45, 2.75) is 76.9 Å². The fourth-order valence-corrected chi connectivity index (χ4v) is 4.49. The predicted molar refractivity (Wildman–Crippen MR) is 100 cm³/mol. The monoisotopic (exact) mass is 361 g/mol. The molecular weight excluding hydrogens is 330 g/mol. The Morgan fingerprint density at radius 3 is 2.88 bits per heavy atom. The van der Waals surface area contributed by atoms with Gasteiger partial charge in [-0.1, -0.05) is 32.3 Å². The Morgan fingerprint density at radius 2 is 2.12 bits per heavy atom. The van der Waals surface area contributed by atoms with Gasteiger partial charge in [-0.25, -0.2) is 4.79 Å². The molecule has 2 N–H and O–H groups in total. The molecule has 1 saturated carbocycles. The largest absolute Gasteiger partial charge is 0.511 e. The Labute approximate surface area is 156 Å². The van der Waals surface area contributed by atoms with Crippen molar-refractivity contribution < 1.29 is 19.0 Å². The molecule has 0 saturated heterocycles. The summed E-state index contributed by atoms with van der Waals surface area (Å²) in [5.74, 6) is 1.27. The van der Waals surface area contributed by atoms with Crippen molar-refractivity contribution in [3.05, 3.63) is 29.3 Å². The molecule has 1 aromatic carbocycles. The minimum atomic E-state index is -0.713. The molecule has 5 nitrogen and oxygen atoms in total. The van der Waals surface area contributed by atoms with E-state index in [1.807, 2.05) is 6.07 Å². The quantitative estimate of drug-likeness (QED) is 0.639. The van der Waals surface area contributed by atoms with Gasteiger partial charge in [0, 0.05) is 11.5 Å². The number of rotatable bonds is 4. The molecule has 2 aliphatic carbocycles. The normalized spacial score (nSPS) is 27.9. The molecular formula is C21H31NO4. The topological polar surface area (TPSA) is 70.8 Å². The molecule has 0 radical (unpaired) electrons. The van der Waals surface area contributed by atoms with Crippen LogP contribution < -0.4 is 10.5 Å². The molecule has 3 atom stereocenters. The number of benzene rings is 1. The minimum absolute atomic E-state index is 0.0184. The standard InChI is InChI=1S/C21H31NO4/c1-14(2)26-20(23)25-13-24-17-9-8-15-11-16-7-5-4-6-10-21(3,19(16)22)18(15)12-17/h8-9,12,14,16,19H,4-7,10-11,13,22H2,1-3H3/t16-,19-,21+/m0/s1. The van der Waals surface area contributed by atoms with E-state index in [-0.39, 0.29) is 24.4 Å². The van der Waals surface area contributed by atoms with Gasteiger partial charge in [-0.15, -0.1) is 0 Å². The van der Waals surface area contributed by atoms with Crippen LogP contribution >= 0.6 is 0 Å². The van der Waals surface area contributed by atoms with Crippen molar-refractivity contribution in [1.82, 2.24) is 0 Å². The molecule has 3 rings (SSSR count). The summed E-state index contributed by atoms with van der Waals surface area (Å²) in [6.45, 7) is 5.69. The molecule has 26 heavy (non-hydrogen) atoms. The number of fused-ring (bicyclic) bond motifs is 4. The Morgan fingerprint density at radius 1 is 1.31 bits per heavy atom. The van der Waals surface area contributed by atoms with Crippen LogP contribution in [0.2, 0.25) is 0 Å². The summed E-state index contributed by atoms with van der Waals surface area (Å²) in [6.07, 6.45) is 6.24. The summed E-state index contributed by atoms with van der Waals surface area (Å²) in [6, 6.07) is 6.37. The lowest BCUT2D eigenvalue weighted by Gasteiger charge is -2.47. The summed E-state index contributed by atoms with van der Waals surface area (Å²) in [7, 11) is 0. The first-order chi connectivity index (χ1) is 12.4. The summed E-state index contributed by atoms with van der Waals surface area (Å²) < 4.78 is 15.5. The third-order valence-electron chi connectivity index (χ3n) is 5.93. The molecule has 0 unspecified atom stereocenters. The second kappa shape index (κ2) is 7.87. The van der Waals surface area contributed by atoms with Gasteiger partial charge in [-0.3, -0.25) is 0 Å². The first kappa shape index (κ1) is 19.0. The Hall–Kier alpha value is -1.75. The number of carbonyl (C=O) groups excluding carboxylic acids is 1.